The minimum atomic E-state index is -4.64. The van der Waals surface area contributed by atoms with Gasteiger partial charge in [-0.1, -0.05) is 18.2 Å². The van der Waals surface area contributed by atoms with Crippen LogP contribution in [0.4, 0.5) is 13.2 Å². The third-order valence-electron chi connectivity index (χ3n) is 3.13. The highest BCUT2D eigenvalue weighted by atomic mass is 32.2. The number of hydrogen-bond donors (Lipinski definition) is 0. The van der Waals surface area contributed by atoms with Crippen LogP contribution in [-0.4, -0.2) is 17.4 Å². The highest BCUT2D eigenvalue weighted by Gasteiger charge is 2.33. The molecule has 2 aromatic heterocycles. The second-order valence-electron chi connectivity index (χ2n) is 4.56. The molecule has 0 saturated heterocycles. The van der Waals surface area contributed by atoms with Crippen molar-refractivity contribution in [1.29, 1.82) is 0 Å². The molecule has 0 amide bonds. The van der Waals surface area contributed by atoms with Crippen LogP contribution >= 0.6 is 0 Å². The Kier molecular flexibility index (Phi) is 3.21. The van der Waals surface area contributed by atoms with Gasteiger partial charge in [0.1, 0.15) is 5.69 Å². The number of halogens is 3. The summed E-state index contributed by atoms with van der Waals surface area (Å²) in [5, 5.41) is 0.313. The lowest BCUT2D eigenvalue weighted by atomic mass is 10.3. The molecule has 0 unspecified atom stereocenters. The Hall–Kier alpha value is -2.35. The van der Waals surface area contributed by atoms with E-state index in [-0.39, 0.29) is 10.4 Å². The summed E-state index contributed by atoms with van der Waals surface area (Å²) in [4.78, 5) is 3.31. The molecular formula is C14H9F3N2O2S. The highest BCUT2D eigenvalue weighted by Crippen LogP contribution is 2.30. The zero-order valence-corrected chi connectivity index (χ0v) is 11.8. The molecule has 0 aliphatic heterocycles. The van der Waals surface area contributed by atoms with Crippen LogP contribution < -0.4 is 0 Å². The van der Waals surface area contributed by atoms with E-state index in [4.69, 9.17) is 0 Å². The summed E-state index contributed by atoms with van der Waals surface area (Å²) in [6.07, 6.45) is -2.41. The number of rotatable bonds is 2. The quantitative estimate of drug-likeness (QED) is 0.726. The first kappa shape index (κ1) is 14.6. The number of benzene rings is 1. The summed E-state index contributed by atoms with van der Waals surface area (Å²) in [6, 6.07) is 9.64. The molecule has 0 aliphatic carbocycles. The van der Waals surface area contributed by atoms with Gasteiger partial charge in [0.25, 0.3) is 10.0 Å². The Morgan fingerprint density at radius 3 is 2.36 bits per heavy atom. The number of pyridine rings is 1. The van der Waals surface area contributed by atoms with Crippen molar-refractivity contribution in [3.8, 4) is 0 Å². The van der Waals surface area contributed by atoms with Gasteiger partial charge in [-0.25, -0.2) is 12.4 Å². The fourth-order valence-electron chi connectivity index (χ4n) is 2.07. The van der Waals surface area contributed by atoms with Gasteiger partial charge in [0.05, 0.1) is 10.4 Å². The van der Waals surface area contributed by atoms with E-state index in [9.17, 15) is 21.6 Å². The van der Waals surface area contributed by atoms with E-state index in [2.05, 4.69) is 4.98 Å². The number of nitrogens with zero attached hydrogens (tertiary/aromatic N) is 2. The van der Waals surface area contributed by atoms with E-state index in [1.807, 2.05) is 0 Å². The van der Waals surface area contributed by atoms with Gasteiger partial charge >= 0.3 is 6.18 Å². The van der Waals surface area contributed by atoms with Crippen molar-refractivity contribution in [2.45, 2.75) is 11.1 Å². The lowest BCUT2D eigenvalue weighted by Crippen LogP contribution is -2.13. The first-order valence-corrected chi connectivity index (χ1v) is 7.59. The fourth-order valence-corrected chi connectivity index (χ4v) is 3.44. The minimum absolute atomic E-state index is 0.00197. The molecular weight excluding hydrogens is 317 g/mol. The summed E-state index contributed by atoms with van der Waals surface area (Å²) in [5.41, 5.74) is -1.20. The van der Waals surface area contributed by atoms with Crippen LogP contribution in [0, 0.1) is 0 Å². The third-order valence-corrected chi connectivity index (χ3v) is 4.83. The summed E-state index contributed by atoms with van der Waals surface area (Å²) >= 11 is 0. The zero-order chi connectivity index (χ0) is 16.0. The van der Waals surface area contributed by atoms with Crippen LogP contribution in [0.2, 0.25) is 0 Å². The van der Waals surface area contributed by atoms with E-state index >= 15 is 0 Å². The first-order chi connectivity index (χ1) is 10.3. The van der Waals surface area contributed by atoms with E-state index in [1.54, 1.807) is 18.2 Å². The monoisotopic (exact) mass is 326 g/mol. The van der Waals surface area contributed by atoms with Gasteiger partial charge in [-0.3, -0.25) is 4.98 Å². The Balaban J connectivity index is 2.24. The molecule has 3 rings (SSSR count). The van der Waals surface area contributed by atoms with Gasteiger partial charge in [0.2, 0.25) is 0 Å². The predicted molar refractivity (Wildman–Crippen MR) is 73.8 cm³/mol. The smallest absolute Gasteiger partial charge is 0.251 e. The standard InChI is InChI=1S/C14H9F3N2O2S/c15-14(16,17)13-8-12-10(9-18-13)6-7-19(12)22(20,21)11-4-2-1-3-5-11/h1-9H. The Labute approximate surface area is 123 Å². The molecule has 22 heavy (non-hydrogen) atoms. The number of fused-ring (bicyclic) bond motifs is 1. The van der Waals surface area contributed by atoms with Crippen molar-refractivity contribution < 1.29 is 21.6 Å². The lowest BCUT2D eigenvalue weighted by molar-refractivity contribution is -0.141. The normalized spacial score (nSPS) is 12.7. The predicted octanol–water partition coefficient (Wildman–Crippen LogP) is 3.29. The molecule has 0 N–H and O–H groups in total. The molecule has 4 nitrogen and oxygen atoms in total. The molecule has 2 heterocycles. The molecule has 0 bridgehead atoms. The third kappa shape index (κ3) is 2.35. The van der Waals surface area contributed by atoms with Gasteiger partial charge < -0.3 is 0 Å². The van der Waals surface area contributed by atoms with E-state index < -0.39 is 21.9 Å². The Morgan fingerprint density at radius 2 is 1.73 bits per heavy atom. The molecule has 3 aromatic rings. The lowest BCUT2D eigenvalue weighted by Gasteiger charge is -2.09. The van der Waals surface area contributed by atoms with E-state index in [0.717, 1.165) is 16.2 Å². The van der Waals surface area contributed by atoms with Crippen molar-refractivity contribution in [2.75, 3.05) is 0 Å². The average Bonchev–Trinajstić information content (AvgIpc) is 2.91. The number of aromatic nitrogens is 2. The second kappa shape index (κ2) is 4.84. The van der Waals surface area contributed by atoms with Crippen LogP contribution in [0.15, 0.2) is 59.8 Å². The van der Waals surface area contributed by atoms with Crippen LogP contribution in [-0.2, 0) is 16.2 Å². The van der Waals surface area contributed by atoms with E-state index in [0.29, 0.717) is 5.39 Å². The Morgan fingerprint density at radius 1 is 1.05 bits per heavy atom. The maximum absolute atomic E-state index is 12.8. The molecule has 1 aromatic carbocycles. The summed E-state index contributed by atoms with van der Waals surface area (Å²) in [5.74, 6) is 0. The second-order valence-corrected chi connectivity index (χ2v) is 6.37. The summed E-state index contributed by atoms with van der Waals surface area (Å²) < 4.78 is 64.1. The maximum atomic E-state index is 12.8. The molecule has 8 heteroatoms. The summed E-state index contributed by atoms with van der Waals surface area (Å²) in [6.45, 7) is 0. The number of hydrogen-bond acceptors (Lipinski definition) is 3. The van der Waals surface area contributed by atoms with Crippen LogP contribution in [0.1, 0.15) is 5.69 Å². The highest BCUT2D eigenvalue weighted by molar-refractivity contribution is 7.90. The molecule has 0 radical (unpaired) electrons. The first-order valence-electron chi connectivity index (χ1n) is 6.15. The largest absolute Gasteiger partial charge is 0.433 e. The van der Waals surface area contributed by atoms with E-state index in [1.165, 1.54) is 24.4 Å². The SMILES string of the molecule is O=S(=O)(c1ccccc1)n1ccc2cnc(C(F)(F)F)cc21. The minimum Gasteiger partial charge on any atom is -0.251 e. The van der Waals surface area contributed by atoms with Crippen LogP contribution in [0.25, 0.3) is 10.9 Å². The maximum Gasteiger partial charge on any atom is 0.433 e. The Bertz CT molecular complexity index is 932. The zero-order valence-electron chi connectivity index (χ0n) is 10.9. The summed E-state index contributed by atoms with van der Waals surface area (Å²) in [7, 11) is -3.96. The molecule has 0 aliphatic rings. The average molecular weight is 326 g/mol. The molecule has 0 saturated carbocycles. The van der Waals surface area contributed by atoms with Crippen molar-refractivity contribution >= 4 is 20.9 Å². The molecule has 0 atom stereocenters. The molecule has 0 fully saturated rings. The van der Waals surface area contributed by atoms with Gasteiger partial charge in [0, 0.05) is 17.8 Å². The van der Waals surface area contributed by atoms with Gasteiger partial charge in [-0.05, 0) is 24.3 Å². The van der Waals surface area contributed by atoms with Crippen molar-refractivity contribution in [3.63, 3.8) is 0 Å². The van der Waals surface area contributed by atoms with Crippen molar-refractivity contribution in [2.24, 2.45) is 0 Å². The molecule has 0 spiro atoms. The fraction of sp³-hybridized carbons (Fsp3) is 0.0714. The van der Waals surface area contributed by atoms with Gasteiger partial charge in [0.15, 0.2) is 0 Å². The van der Waals surface area contributed by atoms with Crippen molar-refractivity contribution in [3.05, 3.63) is 60.6 Å². The molecule has 114 valence electrons. The van der Waals surface area contributed by atoms with Crippen molar-refractivity contribution in [1.82, 2.24) is 8.96 Å². The topological polar surface area (TPSA) is 52.0 Å². The van der Waals surface area contributed by atoms with Gasteiger partial charge in [-0.15, -0.1) is 0 Å². The van der Waals surface area contributed by atoms with Crippen LogP contribution in [0.3, 0.4) is 0 Å². The number of alkyl halides is 3. The van der Waals surface area contributed by atoms with Gasteiger partial charge in [-0.2, -0.15) is 13.2 Å². The van der Waals surface area contributed by atoms with Crippen LogP contribution in [0.5, 0.6) is 0 Å².